The number of aromatic nitrogens is 2. The van der Waals surface area contributed by atoms with Crippen molar-refractivity contribution in [3.8, 4) is 23.3 Å². The van der Waals surface area contributed by atoms with Crippen LogP contribution in [0.15, 0.2) is 36.4 Å². The second-order valence-electron chi connectivity index (χ2n) is 7.96. The first-order valence-electron chi connectivity index (χ1n) is 9.34. The van der Waals surface area contributed by atoms with E-state index in [1.165, 1.54) is 0 Å². The molecule has 0 saturated carbocycles. The fourth-order valence-electron chi connectivity index (χ4n) is 3.26. The van der Waals surface area contributed by atoms with Gasteiger partial charge in [0.2, 0.25) is 6.79 Å². The summed E-state index contributed by atoms with van der Waals surface area (Å²) in [4.78, 5) is 0. The van der Waals surface area contributed by atoms with Gasteiger partial charge in [0, 0.05) is 0 Å². The summed E-state index contributed by atoms with van der Waals surface area (Å²) in [6.07, 6.45) is 0. The number of hydrogen-bond donors (Lipinski definition) is 3. The van der Waals surface area contributed by atoms with Crippen LogP contribution in [-0.4, -0.2) is 20.6 Å². The maximum Gasteiger partial charge on any atom is 0.231 e. The molecule has 0 radical (unpaired) electrons. The number of fused-ring (bicyclic) bond motifs is 1. The first-order valence-corrected chi connectivity index (χ1v) is 10.1. The minimum atomic E-state index is -0.155. The average molecular weight is 423 g/mol. The van der Waals surface area contributed by atoms with Gasteiger partial charge in [-0.1, -0.05) is 32.9 Å². The van der Waals surface area contributed by atoms with Crippen molar-refractivity contribution in [3.05, 3.63) is 47.5 Å². The van der Waals surface area contributed by atoms with Crippen molar-refractivity contribution in [1.29, 1.82) is 5.26 Å². The summed E-state index contributed by atoms with van der Waals surface area (Å²) in [6.45, 7) is 6.61. The zero-order valence-corrected chi connectivity index (χ0v) is 17.6. The maximum absolute atomic E-state index is 10.3. The Bertz CT molecular complexity index is 1120. The van der Waals surface area contributed by atoms with Crippen molar-refractivity contribution in [1.82, 2.24) is 8.75 Å². The molecule has 4 rings (SSSR count). The third kappa shape index (κ3) is 3.82. The molecule has 1 unspecified atom stereocenters. The number of rotatable bonds is 5. The molecule has 0 saturated heterocycles. The molecule has 3 N–H and O–H groups in total. The molecule has 0 aliphatic carbocycles. The van der Waals surface area contributed by atoms with Gasteiger partial charge in [0.05, 0.1) is 29.0 Å². The molecule has 0 spiro atoms. The number of aromatic hydroxyl groups is 1. The van der Waals surface area contributed by atoms with Crippen LogP contribution in [0.5, 0.6) is 17.2 Å². The first-order chi connectivity index (χ1) is 14.4. The van der Waals surface area contributed by atoms with E-state index in [1.807, 2.05) is 24.3 Å². The summed E-state index contributed by atoms with van der Waals surface area (Å²) in [6, 6.07) is 12.7. The Morgan fingerprint density at radius 3 is 2.67 bits per heavy atom. The van der Waals surface area contributed by atoms with Crippen LogP contribution in [0.2, 0.25) is 0 Å². The highest BCUT2D eigenvalue weighted by Crippen LogP contribution is 2.42. The molecule has 0 fully saturated rings. The largest absolute Gasteiger partial charge is 0.504 e. The molecular formula is C21H21N5O3S. The van der Waals surface area contributed by atoms with E-state index in [-0.39, 0.29) is 29.6 Å². The van der Waals surface area contributed by atoms with Gasteiger partial charge in [0.15, 0.2) is 28.9 Å². The number of benzene rings is 2. The average Bonchev–Trinajstić information content (AvgIpc) is 3.35. The van der Waals surface area contributed by atoms with Gasteiger partial charge in [-0.15, -0.1) is 0 Å². The van der Waals surface area contributed by atoms with Gasteiger partial charge >= 0.3 is 0 Å². The summed E-state index contributed by atoms with van der Waals surface area (Å²) in [5.74, 6) is 2.36. The monoisotopic (exact) mass is 423 g/mol. The van der Waals surface area contributed by atoms with Crippen LogP contribution in [0.25, 0.3) is 0 Å². The summed E-state index contributed by atoms with van der Waals surface area (Å²) in [5.41, 5.74) is 1.45. The van der Waals surface area contributed by atoms with Gasteiger partial charge in [-0.2, -0.15) is 14.0 Å². The fourth-order valence-corrected chi connectivity index (χ4v) is 3.73. The van der Waals surface area contributed by atoms with E-state index in [9.17, 15) is 5.11 Å². The number of hydrogen-bond acceptors (Lipinski definition) is 9. The van der Waals surface area contributed by atoms with Crippen molar-refractivity contribution in [2.75, 3.05) is 17.4 Å². The Morgan fingerprint density at radius 2 is 1.90 bits per heavy atom. The summed E-state index contributed by atoms with van der Waals surface area (Å²) >= 11 is 1.05. The number of nitriles is 1. The van der Waals surface area contributed by atoms with Gasteiger partial charge in [-0.25, -0.2) is 0 Å². The standard InChI is InChI=1S/C21H21N5O3S/c1-21(2,3)18(12-7-8-15-16(9-12)29-11-28-15)24-20-19(25-30-26-20)23-14-6-4-5-13(10-22)17(14)27/h4-9,18,27H,11H2,1-3H3,(H,23,25)(H,24,26). The van der Waals surface area contributed by atoms with Crippen molar-refractivity contribution in [2.45, 2.75) is 26.8 Å². The van der Waals surface area contributed by atoms with Crippen LogP contribution in [0.4, 0.5) is 17.3 Å². The highest BCUT2D eigenvalue weighted by molar-refractivity contribution is 6.99. The quantitative estimate of drug-likeness (QED) is 0.502. The molecule has 154 valence electrons. The van der Waals surface area contributed by atoms with E-state index in [4.69, 9.17) is 14.7 Å². The number of phenolic OH excluding ortho intramolecular Hbond substituents is 1. The lowest BCUT2D eigenvalue weighted by Gasteiger charge is -2.32. The minimum Gasteiger partial charge on any atom is -0.504 e. The van der Waals surface area contributed by atoms with Crippen LogP contribution >= 0.6 is 11.7 Å². The predicted molar refractivity (Wildman–Crippen MR) is 114 cm³/mol. The number of anilines is 3. The summed E-state index contributed by atoms with van der Waals surface area (Å²) in [5, 5.41) is 26.0. The molecule has 0 amide bonds. The number of para-hydroxylation sites is 1. The third-order valence-electron chi connectivity index (χ3n) is 4.78. The Balaban J connectivity index is 1.63. The lowest BCUT2D eigenvalue weighted by molar-refractivity contribution is 0.174. The van der Waals surface area contributed by atoms with E-state index >= 15 is 0 Å². The van der Waals surface area contributed by atoms with Gasteiger partial charge in [-0.3, -0.25) is 0 Å². The fraction of sp³-hybridized carbons (Fsp3) is 0.286. The molecule has 1 aliphatic rings. The summed E-state index contributed by atoms with van der Waals surface area (Å²) < 4.78 is 19.7. The van der Waals surface area contributed by atoms with Crippen LogP contribution in [0.3, 0.4) is 0 Å². The zero-order chi connectivity index (χ0) is 21.3. The van der Waals surface area contributed by atoms with E-state index in [2.05, 4.69) is 40.2 Å². The summed E-state index contributed by atoms with van der Waals surface area (Å²) in [7, 11) is 0. The lowest BCUT2D eigenvalue weighted by Crippen LogP contribution is -2.26. The molecule has 1 aromatic heterocycles. The smallest absolute Gasteiger partial charge is 0.231 e. The van der Waals surface area contributed by atoms with Gasteiger partial charge in [-0.05, 0) is 35.2 Å². The molecule has 30 heavy (non-hydrogen) atoms. The highest BCUT2D eigenvalue weighted by atomic mass is 32.1. The van der Waals surface area contributed by atoms with Crippen molar-refractivity contribution in [3.63, 3.8) is 0 Å². The number of nitrogens with one attached hydrogen (secondary N) is 2. The van der Waals surface area contributed by atoms with E-state index in [0.29, 0.717) is 17.3 Å². The predicted octanol–water partition coefficient (Wildman–Crippen LogP) is 4.79. The molecule has 9 heteroatoms. The highest BCUT2D eigenvalue weighted by Gasteiger charge is 2.29. The van der Waals surface area contributed by atoms with E-state index in [0.717, 1.165) is 28.8 Å². The normalized spacial score (nSPS) is 13.5. The number of nitrogens with zero attached hydrogens (tertiary/aromatic N) is 3. The van der Waals surface area contributed by atoms with Gasteiger partial charge < -0.3 is 25.2 Å². The van der Waals surface area contributed by atoms with Crippen molar-refractivity contribution in [2.24, 2.45) is 5.41 Å². The van der Waals surface area contributed by atoms with Crippen LogP contribution in [0, 0.1) is 16.7 Å². The maximum atomic E-state index is 10.3. The number of ether oxygens (including phenoxy) is 2. The van der Waals surface area contributed by atoms with E-state index in [1.54, 1.807) is 18.2 Å². The molecule has 1 atom stereocenters. The molecule has 2 heterocycles. The van der Waals surface area contributed by atoms with Crippen LogP contribution in [0.1, 0.15) is 37.9 Å². The minimum absolute atomic E-state index is 0.101. The molecule has 0 bridgehead atoms. The molecule has 8 nitrogen and oxygen atoms in total. The molecule has 1 aliphatic heterocycles. The Hall–Kier alpha value is -3.51. The van der Waals surface area contributed by atoms with Gasteiger partial charge in [0.1, 0.15) is 6.07 Å². The Kier molecular flexibility index (Phi) is 5.10. The second-order valence-corrected chi connectivity index (χ2v) is 8.48. The van der Waals surface area contributed by atoms with E-state index < -0.39 is 0 Å². The third-order valence-corrected chi connectivity index (χ3v) is 5.30. The first kappa shape index (κ1) is 19.8. The molecule has 2 aromatic carbocycles. The topological polar surface area (TPSA) is 112 Å². The zero-order valence-electron chi connectivity index (χ0n) is 16.8. The molecule has 3 aromatic rings. The van der Waals surface area contributed by atoms with Crippen molar-refractivity contribution >= 4 is 29.1 Å². The second kappa shape index (κ2) is 7.72. The van der Waals surface area contributed by atoms with Crippen LogP contribution < -0.4 is 20.1 Å². The Labute approximate surface area is 178 Å². The molecular weight excluding hydrogens is 402 g/mol. The van der Waals surface area contributed by atoms with Gasteiger partial charge in [0.25, 0.3) is 0 Å². The van der Waals surface area contributed by atoms with Crippen LogP contribution in [-0.2, 0) is 0 Å². The SMILES string of the molecule is CC(C)(C)C(Nc1nsnc1Nc1cccc(C#N)c1O)c1ccc2c(c1)OCO2. The lowest BCUT2D eigenvalue weighted by atomic mass is 9.82. The number of phenols is 1. The Morgan fingerprint density at radius 1 is 1.13 bits per heavy atom. The van der Waals surface area contributed by atoms with Crippen molar-refractivity contribution < 1.29 is 14.6 Å².